The first-order valence-corrected chi connectivity index (χ1v) is 12.1. The zero-order valence-corrected chi connectivity index (χ0v) is 17.6. The number of amides is 1. The standard InChI is InChI=1S/C16H21FIN4O2P/c1-16(2,3)24-15(23)21-6-4-20(5-7-21)13-8-11(17)9-14-12(13)10-19-22(14)25-18/h8-10,25H,4-7H2,1-3H3. The molecule has 1 aromatic heterocycles. The second kappa shape index (κ2) is 7.23. The Kier molecular flexibility index (Phi) is 5.39. The fraction of sp³-hybridized carbons (Fsp3) is 0.500. The van der Waals surface area contributed by atoms with E-state index >= 15 is 0 Å². The minimum atomic E-state index is -0.502. The number of piperazine rings is 1. The molecule has 0 N–H and O–H groups in total. The highest BCUT2D eigenvalue weighted by atomic mass is 127. The molecule has 0 bridgehead atoms. The van der Waals surface area contributed by atoms with Gasteiger partial charge in [0.25, 0.3) is 0 Å². The topological polar surface area (TPSA) is 50.6 Å². The third-order valence-electron chi connectivity index (χ3n) is 3.98. The number of aromatic nitrogens is 2. The van der Waals surface area contributed by atoms with Crippen LogP contribution in [0, 0.1) is 5.82 Å². The lowest BCUT2D eigenvalue weighted by atomic mass is 10.1. The number of carbonyl (C=O) groups excluding carboxylic acids is 1. The molecule has 6 nitrogen and oxygen atoms in total. The number of hydrogen-bond donors (Lipinski definition) is 0. The highest BCUT2D eigenvalue weighted by Crippen LogP contribution is 2.34. The molecule has 2 heterocycles. The summed E-state index contributed by atoms with van der Waals surface area (Å²) >= 11 is 2.23. The molecule has 1 amide bonds. The number of benzene rings is 1. The molecule has 1 fully saturated rings. The number of hydrogen-bond acceptors (Lipinski definition) is 4. The minimum absolute atomic E-state index is 0.270. The predicted octanol–water partition coefficient (Wildman–Crippen LogP) is 4.02. The van der Waals surface area contributed by atoms with E-state index in [1.807, 2.05) is 20.8 Å². The summed E-state index contributed by atoms with van der Waals surface area (Å²) in [5.41, 5.74) is 1.13. The van der Waals surface area contributed by atoms with Crippen LogP contribution in [-0.4, -0.2) is 52.3 Å². The molecule has 0 saturated carbocycles. The van der Waals surface area contributed by atoms with E-state index in [9.17, 15) is 9.18 Å². The van der Waals surface area contributed by atoms with Gasteiger partial charge in [0.1, 0.15) is 11.4 Å². The lowest BCUT2D eigenvalue weighted by Gasteiger charge is -2.37. The quantitative estimate of drug-likeness (QED) is 0.484. The Balaban J connectivity index is 1.76. The zero-order valence-electron chi connectivity index (χ0n) is 14.4. The molecule has 0 spiro atoms. The third-order valence-corrected chi connectivity index (χ3v) is 5.87. The number of carbonyl (C=O) groups is 1. The second-order valence-corrected chi connectivity index (χ2v) is 8.99. The van der Waals surface area contributed by atoms with Gasteiger partial charge in [-0.05, 0) is 48.9 Å². The molecular formula is C16H21FIN4O2P. The van der Waals surface area contributed by atoms with Crippen LogP contribution in [-0.2, 0) is 4.74 Å². The summed E-state index contributed by atoms with van der Waals surface area (Å²) in [4.78, 5) is 16.0. The van der Waals surface area contributed by atoms with Gasteiger partial charge in [-0.15, -0.1) is 0 Å². The van der Waals surface area contributed by atoms with Crippen molar-refractivity contribution in [3.63, 3.8) is 0 Å². The number of halogens is 2. The van der Waals surface area contributed by atoms with E-state index in [0.717, 1.165) is 16.6 Å². The van der Waals surface area contributed by atoms with Crippen molar-refractivity contribution in [3.05, 3.63) is 24.1 Å². The second-order valence-electron chi connectivity index (χ2n) is 6.95. The lowest BCUT2D eigenvalue weighted by molar-refractivity contribution is 0.0240. The largest absolute Gasteiger partial charge is 0.444 e. The van der Waals surface area contributed by atoms with Crippen LogP contribution in [0.1, 0.15) is 20.8 Å². The number of ether oxygens (including phenoxy) is 1. The minimum Gasteiger partial charge on any atom is -0.444 e. The maximum atomic E-state index is 14.1. The Morgan fingerprint density at radius 1 is 1.28 bits per heavy atom. The van der Waals surface area contributed by atoms with Crippen LogP contribution in [0.3, 0.4) is 0 Å². The number of nitrogens with zero attached hydrogens (tertiary/aromatic N) is 4. The van der Waals surface area contributed by atoms with E-state index in [0.29, 0.717) is 32.6 Å². The highest BCUT2D eigenvalue weighted by Gasteiger charge is 2.27. The summed E-state index contributed by atoms with van der Waals surface area (Å²) < 4.78 is 21.3. The molecule has 1 unspecified atom stereocenters. The fourth-order valence-corrected chi connectivity index (χ4v) is 4.39. The molecule has 3 rings (SSSR count). The number of fused-ring (bicyclic) bond motifs is 1. The molecular weight excluding hydrogens is 457 g/mol. The molecule has 1 atom stereocenters. The smallest absolute Gasteiger partial charge is 0.410 e. The van der Waals surface area contributed by atoms with Crippen LogP contribution in [0.25, 0.3) is 10.9 Å². The maximum absolute atomic E-state index is 14.1. The van der Waals surface area contributed by atoms with Crippen molar-refractivity contribution in [1.82, 2.24) is 14.5 Å². The fourth-order valence-electron chi connectivity index (χ4n) is 2.86. The van der Waals surface area contributed by atoms with E-state index < -0.39 is 5.60 Å². The van der Waals surface area contributed by atoms with Gasteiger partial charge in [0, 0.05) is 37.6 Å². The molecule has 25 heavy (non-hydrogen) atoms. The average Bonchev–Trinajstić information content (AvgIpc) is 2.95. The average molecular weight is 478 g/mol. The van der Waals surface area contributed by atoms with Gasteiger partial charge < -0.3 is 14.5 Å². The van der Waals surface area contributed by atoms with Crippen LogP contribution in [0.15, 0.2) is 18.3 Å². The van der Waals surface area contributed by atoms with Crippen LogP contribution >= 0.6 is 28.4 Å². The summed E-state index contributed by atoms with van der Waals surface area (Å²) in [7, 11) is 0. The van der Waals surface area contributed by atoms with Gasteiger partial charge in [-0.1, -0.05) is 0 Å². The van der Waals surface area contributed by atoms with Crippen molar-refractivity contribution in [2.45, 2.75) is 26.4 Å². The summed E-state index contributed by atoms with van der Waals surface area (Å²) in [6.45, 7) is 7.94. The lowest BCUT2D eigenvalue weighted by Crippen LogP contribution is -2.50. The Morgan fingerprint density at radius 3 is 2.56 bits per heavy atom. The maximum Gasteiger partial charge on any atom is 0.410 e. The molecule has 9 heteroatoms. The monoisotopic (exact) mass is 478 g/mol. The van der Waals surface area contributed by atoms with E-state index in [1.54, 1.807) is 21.6 Å². The first-order chi connectivity index (χ1) is 11.8. The van der Waals surface area contributed by atoms with Crippen LogP contribution in [0.4, 0.5) is 14.9 Å². The summed E-state index contributed by atoms with van der Waals surface area (Å²) in [5, 5.41) is 5.28. The zero-order chi connectivity index (χ0) is 18.2. The molecule has 0 radical (unpaired) electrons. The van der Waals surface area contributed by atoms with Gasteiger partial charge in [-0.3, -0.25) is 0 Å². The SMILES string of the molecule is CC(C)(C)OC(=O)N1CCN(c2cc(F)cc3c2cnn3PI)CC1. The third kappa shape index (κ3) is 4.16. The first kappa shape index (κ1) is 18.6. The van der Waals surface area contributed by atoms with Crippen molar-refractivity contribution < 1.29 is 13.9 Å². The Morgan fingerprint density at radius 2 is 1.96 bits per heavy atom. The van der Waals surface area contributed by atoms with E-state index in [4.69, 9.17) is 4.74 Å². The van der Waals surface area contributed by atoms with E-state index in [-0.39, 0.29) is 11.9 Å². The van der Waals surface area contributed by atoms with E-state index in [2.05, 4.69) is 32.0 Å². The van der Waals surface area contributed by atoms with Crippen LogP contribution < -0.4 is 4.90 Å². The van der Waals surface area contributed by atoms with E-state index in [1.165, 1.54) is 6.07 Å². The highest BCUT2D eigenvalue weighted by molar-refractivity contribution is 14.2. The molecule has 1 saturated heterocycles. The van der Waals surface area contributed by atoms with Crippen molar-refractivity contribution in [2.75, 3.05) is 31.1 Å². The molecule has 1 aliphatic rings. The van der Waals surface area contributed by atoms with Gasteiger partial charge in [0.05, 0.1) is 23.8 Å². The molecule has 136 valence electrons. The van der Waals surface area contributed by atoms with Gasteiger partial charge in [0.2, 0.25) is 0 Å². The molecule has 2 aromatic rings. The van der Waals surface area contributed by atoms with Crippen molar-refractivity contribution in [3.8, 4) is 0 Å². The molecule has 1 aliphatic heterocycles. The van der Waals surface area contributed by atoms with Gasteiger partial charge in [-0.25, -0.2) is 13.6 Å². The predicted molar refractivity (Wildman–Crippen MR) is 107 cm³/mol. The van der Waals surface area contributed by atoms with Crippen LogP contribution in [0.5, 0.6) is 0 Å². The summed E-state index contributed by atoms with van der Waals surface area (Å²) in [6.07, 6.45) is 1.91. The van der Waals surface area contributed by atoms with Crippen molar-refractivity contribution in [2.24, 2.45) is 0 Å². The van der Waals surface area contributed by atoms with Gasteiger partial charge >= 0.3 is 6.09 Å². The van der Waals surface area contributed by atoms with Crippen molar-refractivity contribution >= 4 is 51.1 Å². The van der Waals surface area contributed by atoms with Crippen LogP contribution in [0.2, 0.25) is 0 Å². The normalized spacial score (nSPS) is 16.2. The number of rotatable bonds is 2. The van der Waals surface area contributed by atoms with Gasteiger partial charge in [0.15, 0.2) is 0 Å². The van der Waals surface area contributed by atoms with Gasteiger partial charge in [-0.2, -0.15) is 5.10 Å². The molecule has 0 aliphatic carbocycles. The Labute approximate surface area is 161 Å². The Hall–Kier alpha value is -1.15. The summed E-state index contributed by atoms with van der Waals surface area (Å²) in [5.74, 6) is -0.270. The molecule has 1 aromatic carbocycles. The Bertz CT molecular complexity index is 784. The van der Waals surface area contributed by atoms with Crippen molar-refractivity contribution in [1.29, 1.82) is 0 Å². The summed E-state index contributed by atoms with van der Waals surface area (Å²) in [6, 6.07) is 3.07. The first-order valence-electron chi connectivity index (χ1n) is 8.05. The number of anilines is 1.